The predicted molar refractivity (Wildman–Crippen MR) is 87.5 cm³/mol. The maximum absolute atomic E-state index is 12.4. The average molecular weight is 372 g/mol. The first-order chi connectivity index (χ1) is 9.13. The van der Waals surface area contributed by atoms with Crippen molar-refractivity contribution in [3.63, 3.8) is 0 Å². The van der Waals surface area contributed by atoms with Crippen LogP contribution in [0.5, 0.6) is 0 Å². The van der Waals surface area contributed by atoms with Crippen molar-refractivity contribution in [2.24, 2.45) is 0 Å². The van der Waals surface area contributed by atoms with Gasteiger partial charge in [-0.05, 0) is 39.5 Å². The molecule has 6 heteroatoms. The highest BCUT2D eigenvalue weighted by Gasteiger charge is 2.16. The van der Waals surface area contributed by atoms with Crippen molar-refractivity contribution < 1.29 is 4.79 Å². The molecule has 98 valence electrons. The van der Waals surface area contributed by atoms with Gasteiger partial charge in [-0.1, -0.05) is 0 Å². The van der Waals surface area contributed by atoms with Crippen molar-refractivity contribution in [3.05, 3.63) is 43.2 Å². The first-order valence-electron chi connectivity index (χ1n) is 5.59. The second-order valence-electron chi connectivity index (χ2n) is 4.15. The highest BCUT2D eigenvalue weighted by molar-refractivity contribution is 9.10. The number of hydrogen-bond donors (Lipinski definition) is 0. The zero-order valence-electron chi connectivity index (χ0n) is 10.1. The fourth-order valence-electron chi connectivity index (χ4n) is 1.80. The summed E-state index contributed by atoms with van der Waals surface area (Å²) in [6.07, 6.45) is 0. The molecule has 0 bridgehead atoms. The molecule has 0 fully saturated rings. The molecule has 3 aromatic rings. The third-order valence-electron chi connectivity index (χ3n) is 2.71. The van der Waals surface area contributed by atoms with Gasteiger partial charge in [-0.2, -0.15) is 0 Å². The van der Waals surface area contributed by atoms with Crippen LogP contribution in [0.1, 0.15) is 14.5 Å². The van der Waals surface area contributed by atoms with E-state index in [0.717, 1.165) is 9.35 Å². The highest BCUT2D eigenvalue weighted by atomic mass is 79.9. The zero-order valence-corrected chi connectivity index (χ0v) is 14.1. The monoisotopic (exact) mass is 371 g/mol. The van der Waals surface area contributed by atoms with Gasteiger partial charge >= 0.3 is 0 Å². The van der Waals surface area contributed by atoms with Crippen LogP contribution < -0.4 is 0 Å². The number of carbonyl (C=O) groups is 1. The molecule has 0 saturated heterocycles. The minimum atomic E-state index is 0.0953. The normalized spacial score (nSPS) is 11.1. The molecule has 3 aromatic heterocycles. The molecule has 0 aromatic carbocycles. The quantitative estimate of drug-likeness (QED) is 0.629. The summed E-state index contributed by atoms with van der Waals surface area (Å²) in [5.74, 6) is 0.0953. The predicted octanol–water partition coefficient (Wildman–Crippen LogP) is 5.06. The topological polar surface area (TPSA) is 20.3 Å². The Labute approximate surface area is 131 Å². The maximum Gasteiger partial charge on any atom is 0.264 e. The molecule has 0 N–H and O–H groups in total. The van der Waals surface area contributed by atoms with Gasteiger partial charge in [0.2, 0.25) is 0 Å². The Hall–Kier alpha value is -0.690. The minimum Gasteiger partial charge on any atom is -0.336 e. The van der Waals surface area contributed by atoms with E-state index in [-0.39, 0.29) is 5.91 Å². The second-order valence-corrected chi connectivity index (χ2v) is 8.10. The van der Waals surface area contributed by atoms with Gasteiger partial charge in [0.05, 0.1) is 11.4 Å². The highest BCUT2D eigenvalue weighted by Crippen LogP contribution is 2.31. The smallest absolute Gasteiger partial charge is 0.264 e. The molecule has 19 heavy (non-hydrogen) atoms. The van der Waals surface area contributed by atoms with Crippen LogP contribution in [0.15, 0.2) is 33.4 Å². The van der Waals surface area contributed by atoms with Gasteiger partial charge in [-0.15, -0.1) is 34.0 Å². The Bertz CT molecular complexity index is 698. The van der Waals surface area contributed by atoms with Crippen LogP contribution in [0.3, 0.4) is 0 Å². The number of carbonyl (C=O) groups excluding carboxylic acids is 1. The van der Waals surface area contributed by atoms with E-state index in [1.165, 1.54) is 14.3 Å². The molecular weight excluding hydrogens is 362 g/mol. The largest absolute Gasteiger partial charge is 0.336 e. The van der Waals surface area contributed by atoms with Crippen molar-refractivity contribution in [1.29, 1.82) is 0 Å². The average Bonchev–Trinajstić information content (AvgIpc) is 3.03. The summed E-state index contributed by atoms with van der Waals surface area (Å²) < 4.78 is 3.46. The van der Waals surface area contributed by atoms with Gasteiger partial charge in [0, 0.05) is 31.2 Å². The van der Waals surface area contributed by atoms with E-state index in [2.05, 4.69) is 33.4 Å². The number of fused-ring (bicyclic) bond motifs is 1. The summed E-state index contributed by atoms with van der Waals surface area (Å²) in [6.45, 7) is 0.653. The SMILES string of the molecule is CN(Cc1cc(Br)cs1)C(=O)c1cc2sccc2s1. The fraction of sp³-hybridized carbons (Fsp3) is 0.154. The Morgan fingerprint density at radius 3 is 2.84 bits per heavy atom. The van der Waals surface area contributed by atoms with E-state index in [4.69, 9.17) is 0 Å². The van der Waals surface area contributed by atoms with Crippen LogP contribution in [-0.4, -0.2) is 17.9 Å². The molecule has 0 aliphatic carbocycles. The third-order valence-corrected chi connectivity index (χ3v) is 6.48. The lowest BCUT2D eigenvalue weighted by Crippen LogP contribution is -2.24. The number of hydrogen-bond acceptors (Lipinski definition) is 4. The number of rotatable bonds is 3. The molecule has 0 aliphatic rings. The van der Waals surface area contributed by atoms with E-state index in [9.17, 15) is 4.79 Å². The molecule has 0 unspecified atom stereocenters. The lowest BCUT2D eigenvalue weighted by atomic mass is 10.3. The van der Waals surface area contributed by atoms with Crippen LogP contribution in [0.2, 0.25) is 0 Å². The van der Waals surface area contributed by atoms with Gasteiger partial charge in [0.1, 0.15) is 0 Å². The number of thiophene rings is 3. The molecule has 3 heterocycles. The van der Waals surface area contributed by atoms with E-state index in [0.29, 0.717) is 6.54 Å². The number of amides is 1. The van der Waals surface area contributed by atoms with E-state index >= 15 is 0 Å². The van der Waals surface area contributed by atoms with Crippen LogP contribution in [0.25, 0.3) is 9.40 Å². The first-order valence-corrected chi connectivity index (χ1v) is 8.96. The molecule has 0 radical (unpaired) electrons. The summed E-state index contributed by atoms with van der Waals surface area (Å²) in [6, 6.07) is 6.12. The van der Waals surface area contributed by atoms with Crippen LogP contribution >= 0.6 is 49.9 Å². The van der Waals surface area contributed by atoms with Gasteiger partial charge in [0.25, 0.3) is 5.91 Å². The van der Waals surface area contributed by atoms with Crippen molar-refractivity contribution in [2.45, 2.75) is 6.54 Å². The molecule has 2 nitrogen and oxygen atoms in total. The zero-order chi connectivity index (χ0) is 13.4. The van der Waals surface area contributed by atoms with E-state index in [1.54, 1.807) is 38.9 Å². The fourth-order valence-corrected chi connectivity index (χ4v) is 5.41. The van der Waals surface area contributed by atoms with Crippen molar-refractivity contribution in [2.75, 3.05) is 7.05 Å². The van der Waals surface area contributed by atoms with Crippen LogP contribution in [0.4, 0.5) is 0 Å². The molecule has 1 amide bonds. The Kier molecular flexibility index (Phi) is 3.75. The lowest BCUT2D eigenvalue weighted by Gasteiger charge is -2.14. The minimum absolute atomic E-state index is 0.0953. The standard InChI is InChI=1S/C13H10BrNOS3/c1-15(6-9-4-8(14)7-18-9)13(16)12-5-11-10(19-12)2-3-17-11/h2-5,7H,6H2,1H3. The molecule has 3 rings (SSSR count). The molecule has 0 spiro atoms. The Morgan fingerprint density at radius 1 is 1.32 bits per heavy atom. The Balaban J connectivity index is 1.77. The van der Waals surface area contributed by atoms with Gasteiger partial charge in [0.15, 0.2) is 0 Å². The van der Waals surface area contributed by atoms with Crippen molar-refractivity contribution in [3.8, 4) is 0 Å². The van der Waals surface area contributed by atoms with Gasteiger partial charge < -0.3 is 4.90 Å². The molecule has 0 atom stereocenters. The van der Waals surface area contributed by atoms with E-state index < -0.39 is 0 Å². The molecular formula is C13H10BrNOS3. The lowest BCUT2D eigenvalue weighted by molar-refractivity contribution is 0.0791. The summed E-state index contributed by atoms with van der Waals surface area (Å²) in [7, 11) is 1.85. The summed E-state index contributed by atoms with van der Waals surface area (Å²) >= 11 is 8.34. The Morgan fingerprint density at radius 2 is 2.16 bits per heavy atom. The third kappa shape index (κ3) is 2.76. The van der Waals surface area contributed by atoms with Crippen molar-refractivity contribution >= 4 is 65.2 Å². The summed E-state index contributed by atoms with van der Waals surface area (Å²) in [4.78, 5) is 16.1. The number of halogens is 1. The van der Waals surface area contributed by atoms with E-state index in [1.807, 2.05) is 18.5 Å². The van der Waals surface area contributed by atoms with Crippen molar-refractivity contribution in [1.82, 2.24) is 4.90 Å². The van der Waals surface area contributed by atoms with Crippen LogP contribution in [-0.2, 0) is 6.54 Å². The summed E-state index contributed by atoms with van der Waals surface area (Å²) in [5, 5.41) is 4.09. The van der Waals surface area contributed by atoms with Gasteiger partial charge in [-0.25, -0.2) is 0 Å². The second kappa shape index (κ2) is 5.36. The van der Waals surface area contributed by atoms with Crippen LogP contribution in [0, 0.1) is 0 Å². The number of nitrogens with zero attached hydrogens (tertiary/aromatic N) is 1. The first kappa shape index (κ1) is 13.3. The summed E-state index contributed by atoms with van der Waals surface area (Å²) in [5.41, 5.74) is 0. The molecule has 0 aliphatic heterocycles. The van der Waals surface area contributed by atoms with Gasteiger partial charge in [-0.3, -0.25) is 4.79 Å². The maximum atomic E-state index is 12.4. The molecule has 0 saturated carbocycles.